The Bertz CT molecular complexity index is 871. The normalized spacial score (nSPS) is 24.1. The number of hydrogen-bond acceptors (Lipinski definition) is 7. The lowest BCUT2D eigenvalue weighted by Crippen LogP contribution is -2.21. The first-order valence-electron chi connectivity index (χ1n) is 8.01. The van der Waals surface area contributed by atoms with Crippen LogP contribution in [0.3, 0.4) is 0 Å². The topological polar surface area (TPSA) is 84.1 Å². The third kappa shape index (κ3) is 2.49. The first-order chi connectivity index (χ1) is 11.7. The zero-order valence-electron chi connectivity index (χ0n) is 13.2. The second kappa shape index (κ2) is 5.98. The number of nitrogens with zero attached hydrogens (tertiary/aromatic N) is 3. The molecule has 0 aliphatic heterocycles. The summed E-state index contributed by atoms with van der Waals surface area (Å²) in [6, 6.07) is 5.58. The van der Waals surface area contributed by atoms with Crippen LogP contribution in [-0.4, -0.2) is 23.0 Å². The highest BCUT2D eigenvalue weighted by Crippen LogP contribution is 2.43. The highest BCUT2D eigenvalue weighted by atomic mass is 32.1. The molecule has 0 amide bonds. The van der Waals surface area contributed by atoms with Gasteiger partial charge >= 0.3 is 0 Å². The number of aliphatic hydroxyl groups excluding tert-OH is 1. The molecular weight excluding hydrogens is 326 g/mol. The summed E-state index contributed by atoms with van der Waals surface area (Å²) in [5, 5.41) is 18.9. The second-order valence-corrected chi connectivity index (χ2v) is 7.13. The number of aliphatic hydroxyl groups is 1. The van der Waals surface area contributed by atoms with Crippen molar-refractivity contribution in [3.63, 3.8) is 0 Å². The number of rotatable bonds is 3. The Labute approximate surface area is 142 Å². The van der Waals surface area contributed by atoms with Crippen LogP contribution in [0.5, 0.6) is 5.75 Å². The predicted molar refractivity (Wildman–Crippen MR) is 90.8 cm³/mol. The summed E-state index contributed by atoms with van der Waals surface area (Å²) >= 11 is 1.37. The molecule has 24 heavy (non-hydrogen) atoms. The lowest BCUT2D eigenvalue weighted by Gasteiger charge is -2.23. The molecule has 1 saturated carbocycles. The van der Waals surface area contributed by atoms with Crippen molar-refractivity contribution in [3.05, 3.63) is 29.7 Å². The summed E-state index contributed by atoms with van der Waals surface area (Å²) < 4.78 is 6.13. The minimum atomic E-state index is -0.118. The molecule has 1 fully saturated rings. The molecule has 7 heteroatoms. The van der Waals surface area contributed by atoms with E-state index >= 15 is 0 Å². The third-order valence-corrected chi connectivity index (χ3v) is 5.65. The van der Waals surface area contributed by atoms with Crippen molar-refractivity contribution in [2.45, 2.75) is 25.7 Å². The van der Waals surface area contributed by atoms with Crippen molar-refractivity contribution in [2.75, 3.05) is 7.11 Å². The molecule has 1 heterocycles. The first kappa shape index (κ1) is 15.3. The van der Waals surface area contributed by atoms with Crippen molar-refractivity contribution in [2.24, 2.45) is 22.1 Å². The minimum Gasteiger partial charge on any atom is -0.510 e. The number of Topliss-reactive ketones (excluding diaryl/α,β-unsaturated/α-hetero) is 1. The number of ether oxygens (including phenoxy) is 1. The maximum atomic E-state index is 12.4. The van der Waals surface area contributed by atoms with Crippen LogP contribution in [0.1, 0.15) is 25.7 Å². The van der Waals surface area contributed by atoms with E-state index in [9.17, 15) is 9.90 Å². The molecule has 0 spiro atoms. The molecule has 0 saturated heterocycles. The summed E-state index contributed by atoms with van der Waals surface area (Å²) in [5.74, 6) is 0.595. The average molecular weight is 343 g/mol. The van der Waals surface area contributed by atoms with Gasteiger partial charge in [-0.2, -0.15) is 0 Å². The van der Waals surface area contributed by atoms with E-state index in [-0.39, 0.29) is 29.1 Å². The Hall–Kier alpha value is -2.28. The van der Waals surface area contributed by atoms with Crippen molar-refractivity contribution in [3.8, 4) is 5.75 Å². The van der Waals surface area contributed by atoms with Crippen LogP contribution in [0.25, 0.3) is 10.2 Å². The van der Waals surface area contributed by atoms with E-state index in [4.69, 9.17) is 4.74 Å². The average Bonchev–Trinajstić information content (AvgIpc) is 3.12. The highest BCUT2D eigenvalue weighted by molar-refractivity contribution is 7.21. The van der Waals surface area contributed by atoms with Gasteiger partial charge in [0.1, 0.15) is 11.5 Å². The fourth-order valence-corrected chi connectivity index (χ4v) is 4.32. The molecule has 2 aromatic rings. The fraction of sp³-hybridized carbons (Fsp3) is 0.412. The Morgan fingerprint density at radius 3 is 2.79 bits per heavy atom. The SMILES string of the molecule is COc1ccc2nc(N=NC3=C(O)C4CCCCC4C3=O)sc2c1. The van der Waals surface area contributed by atoms with Crippen molar-refractivity contribution < 1.29 is 14.6 Å². The van der Waals surface area contributed by atoms with Gasteiger partial charge in [0.2, 0.25) is 5.13 Å². The lowest BCUT2D eigenvalue weighted by atomic mass is 9.80. The number of methoxy groups -OCH3 is 1. The molecule has 1 N–H and O–H groups in total. The zero-order valence-corrected chi connectivity index (χ0v) is 14.0. The quantitative estimate of drug-likeness (QED) is 0.829. The summed E-state index contributed by atoms with van der Waals surface area (Å²) in [5.41, 5.74) is 0.920. The summed E-state index contributed by atoms with van der Waals surface area (Å²) in [7, 11) is 1.61. The number of carbonyl (C=O) groups excluding carboxylic acids is 1. The summed E-state index contributed by atoms with van der Waals surface area (Å²) in [4.78, 5) is 16.8. The number of fused-ring (bicyclic) bond motifs is 2. The molecule has 2 unspecified atom stereocenters. The number of ketones is 1. The van der Waals surface area contributed by atoms with Gasteiger partial charge in [-0.25, -0.2) is 4.98 Å². The number of benzene rings is 1. The fourth-order valence-electron chi connectivity index (χ4n) is 3.51. The monoisotopic (exact) mass is 343 g/mol. The number of thiazole rings is 1. The van der Waals surface area contributed by atoms with Gasteiger partial charge in [0, 0.05) is 11.8 Å². The van der Waals surface area contributed by atoms with E-state index in [1.54, 1.807) is 7.11 Å². The summed E-state index contributed by atoms with van der Waals surface area (Å²) in [6.07, 6.45) is 3.75. The molecule has 1 aromatic heterocycles. The number of allylic oxidation sites excluding steroid dienone is 2. The molecule has 4 rings (SSSR count). The van der Waals surface area contributed by atoms with Crippen LogP contribution in [0.15, 0.2) is 39.9 Å². The molecule has 2 aliphatic carbocycles. The third-order valence-electron chi connectivity index (χ3n) is 4.75. The zero-order chi connectivity index (χ0) is 16.7. The molecule has 124 valence electrons. The van der Waals surface area contributed by atoms with Crippen LogP contribution in [0.4, 0.5) is 5.13 Å². The van der Waals surface area contributed by atoms with Crippen LogP contribution >= 0.6 is 11.3 Å². The lowest BCUT2D eigenvalue weighted by molar-refractivity contribution is -0.120. The summed E-state index contributed by atoms with van der Waals surface area (Å²) in [6.45, 7) is 0. The van der Waals surface area contributed by atoms with E-state index in [1.807, 2.05) is 18.2 Å². The number of carbonyl (C=O) groups is 1. The van der Waals surface area contributed by atoms with Gasteiger partial charge in [-0.1, -0.05) is 24.2 Å². The second-order valence-electron chi connectivity index (χ2n) is 6.13. The standard InChI is InChI=1S/C17H17N3O3S/c1-23-9-6-7-12-13(8-9)24-17(18-12)20-19-14-15(21)10-4-2-3-5-11(10)16(14)22/h6-8,10-11,21H,2-5H2,1H3. The van der Waals surface area contributed by atoms with Crippen LogP contribution < -0.4 is 4.74 Å². The first-order valence-corrected chi connectivity index (χ1v) is 8.82. The Kier molecular flexibility index (Phi) is 3.80. The van der Waals surface area contributed by atoms with Crippen molar-refractivity contribution in [1.29, 1.82) is 0 Å². The molecule has 2 aliphatic rings. The van der Waals surface area contributed by atoms with Crippen LogP contribution in [0, 0.1) is 11.8 Å². The van der Waals surface area contributed by atoms with Crippen LogP contribution in [0.2, 0.25) is 0 Å². The van der Waals surface area contributed by atoms with Gasteiger partial charge in [-0.05, 0) is 31.0 Å². The van der Waals surface area contributed by atoms with E-state index in [1.165, 1.54) is 11.3 Å². The Morgan fingerprint density at radius 1 is 1.25 bits per heavy atom. The van der Waals surface area contributed by atoms with Gasteiger partial charge in [-0.3, -0.25) is 4.79 Å². The maximum absolute atomic E-state index is 12.4. The van der Waals surface area contributed by atoms with Gasteiger partial charge < -0.3 is 9.84 Å². The molecule has 6 nitrogen and oxygen atoms in total. The van der Waals surface area contributed by atoms with Gasteiger partial charge in [0.05, 0.1) is 17.3 Å². The van der Waals surface area contributed by atoms with E-state index in [0.717, 1.165) is 41.6 Å². The van der Waals surface area contributed by atoms with E-state index < -0.39 is 0 Å². The van der Waals surface area contributed by atoms with Crippen molar-refractivity contribution >= 4 is 32.5 Å². The molecule has 1 aromatic carbocycles. The molecule has 0 bridgehead atoms. The van der Waals surface area contributed by atoms with E-state index in [2.05, 4.69) is 15.2 Å². The molecular formula is C17H17N3O3S. The van der Waals surface area contributed by atoms with Gasteiger partial charge in [-0.15, -0.1) is 10.2 Å². The number of aromatic nitrogens is 1. The molecule has 2 atom stereocenters. The van der Waals surface area contributed by atoms with E-state index in [0.29, 0.717) is 5.13 Å². The van der Waals surface area contributed by atoms with Gasteiger partial charge in [0.15, 0.2) is 11.5 Å². The molecule has 0 radical (unpaired) electrons. The van der Waals surface area contributed by atoms with Crippen molar-refractivity contribution in [1.82, 2.24) is 4.98 Å². The predicted octanol–water partition coefficient (Wildman–Crippen LogP) is 4.55. The Balaban J connectivity index is 1.62. The number of hydrogen-bond donors (Lipinski definition) is 1. The van der Waals surface area contributed by atoms with Gasteiger partial charge in [0.25, 0.3) is 0 Å². The maximum Gasteiger partial charge on any atom is 0.231 e. The highest BCUT2D eigenvalue weighted by Gasteiger charge is 2.43. The minimum absolute atomic E-state index is 0.0696. The Morgan fingerprint density at radius 2 is 2.04 bits per heavy atom. The number of azo groups is 1. The largest absolute Gasteiger partial charge is 0.510 e. The van der Waals surface area contributed by atoms with Crippen LogP contribution in [-0.2, 0) is 4.79 Å². The smallest absolute Gasteiger partial charge is 0.231 e.